The highest BCUT2D eigenvalue weighted by Crippen LogP contribution is 2.26. The third kappa shape index (κ3) is 2.21. The van der Waals surface area contributed by atoms with Crippen LogP contribution >= 0.6 is 0 Å². The molecular formula is C10H17NO2. The van der Waals surface area contributed by atoms with Crippen LogP contribution in [0.15, 0.2) is 0 Å². The second kappa shape index (κ2) is 4.09. The van der Waals surface area contributed by atoms with E-state index in [1.165, 1.54) is 12.8 Å². The van der Waals surface area contributed by atoms with Crippen molar-refractivity contribution in [2.24, 2.45) is 5.92 Å². The molecule has 0 radical (unpaired) electrons. The van der Waals surface area contributed by atoms with Crippen molar-refractivity contribution in [2.75, 3.05) is 13.1 Å². The van der Waals surface area contributed by atoms with E-state index in [4.69, 9.17) is 4.74 Å². The topological polar surface area (TPSA) is 38.3 Å². The van der Waals surface area contributed by atoms with E-state index >= 15 is 0 Å². The summed E-state index contributed by atoms with van der Waals surface area (Å²) in [4.78, 5) is 11.6. The van der Waals surface area contributed by atoms with Crippen molar-refractivity contribution < 1.29 is 9.53 Å². The normalized spacial score (nSPS) is 29.4. The lowest BCUT2D eigenvalue weighted by atomic mass is 10.1. The van der Waals surface area contributed by atoms with E-state index in [2.05, 4.69) is 5.32 Å². The lowest BCUT2D eigenvalue weighted by Gasteiger charge is -2.14. The Hall–Kier alpha value is -0.570. The van der Waals surface area contributed by atoms with Crippen LogP contribution in [0.5, 0.6) is 0 Å². The summed E-state index contributed by atoms with van der Waals surface area (Å²) in [5.74, 6) is 0.256. The fourth-order valence-corrected chi connectivity index (χ4v) is 2.15. The van der Waals surface area contributed by atoms with E-state index in [0.29, 0.717) is 0 Å². The number of nitrogens with one attached hydrogen (secondary N) is 1. The Morgan fingerprint density at radius 2 is 2.00 bits per heavy atom. The molecule has 0 aromatic carbocycles. The molecule has 1 aliphatic heterocycles. The van der Waals surface area contributed by atoms with Crippen LogP contribution in [-0.2, 0) is 9.53 Å². The highest BCUT2D eigenvalue weighted by Gasteiger charge is 2.27. The first-order chi connectivity index (χ1) is 6.36. The molecule has 1 aliphatic carbocycles. The standard InChI is InChI=1S/C10H17NO2/c12-10(8-3-1-2-4-8)13-9-5-6-11-7-9/h8-9,11H,1-7H2/t9-/m0/s1. The summed E-state index contributed by atoms with van der Waals surface area (Å²) in [7, 11) is 0. The molecule has 1 saturated heterocycles. The molecule has 2 aliphatic rings. The van der Waals surface area contributed by atoms with Crippen molar-refractivity contribution in [1.82, 2.24) is 5.32 Å². The maximum Gasteiger partial charge on any atom is 0.309 e. The molecule has 1 saturated carbocycles. The van der Waals surface area contributed by atoms with Crippen LogP contribution in [0.3, 0.4) is 0 Å². The van der Waals surface area contributed by atoms with Crippen molar-refractivity contribution in [3.05, 3.63) is 0 Å². The van der Waals surface area contributed by atoms with Crippen LogP contribution in [0, 0.1) is 5.92 Å². The van der Waals surface area contributed by atoms with Gasteiger partial charge in [0, 0.05) is 6.54 Å². The van der Waals surface area contributed by atoms with Crippen molar-refractivity contribution >= 4 is 5.97 Å². The van der Waals surface area contributed by atoms with Crippen molar-refractivity contribution in [1.29, 1.82) is 0 Å². The first kappa shape index (κ1) is 9.00. The fourth-order valence-electron chi connectivity index (χ4n) is 2.15. The Bertz CT molecular complexity index is 181. The molecule has 1 atom stereocenters. The molecule has 0 aromatic rings. The zero-order chi connectivity index (χ0) is 9.10. The summed E-state index contributed by atoms with van der Waals surface area (Å²) >= 11 is 0. The van der Waals surface area contributed by atoms with Gasteiger partial charge < -0.3 is 10.1 Å². The van der Waals surface area contributed by atoms with Crippen LogP contribution in [0.2, 0.25) is 0 Å². The zero-order valence-electron chi connectivity index (χ0n) is 7.92. The quantitative estimate of drug-likeness (QED) is 0.651. The van der Waals surface area contributed by atoms with Gasteiger partial charge in [0.25, 0.3) is 0 Å². The summed E-state index contributed by atoms with van der Waals surface area (Å²) in [6, 6.07) is 0. The van der Waals surface area contributed by atoms with E-state index in [-0.39, 0.29) is 18.0 Å². The van der Waals surface area contributed by atoms with E-state index in [1.807, 2.05) is 0 Å². The molecule has 1 N–H and O–H groups in total. The highest BCUT2D eigenvalue weighted by molar-refractivity contribution is 5.72. The monoisotopic (exact) mass is 183 g/mol. The molecule has 0 spiro atoms. The molecule has 0 aromatic heterocycles. The number of rotatable bonds is 2. The fraction of sp³-hybridized carbons (Fsp3) is 0.900. The minimum atomic E-state index is 0.0474. The predicted molar refractivity (Wildman–Crippen MR) is 49.3 cm³/mol. The van der Waals surface area contributed by atoms with E-state index in [0.717, 1.165) is 32.4 Å². The van der Waals surface area contributed by atoms with E-state index < -0.39 is 0 Å². The molecule has 13 heavy (non-hydrogen) atoms. The first-order valence-electron chi connectivity index (χ1n) is 5.27. The number of carbonyl (C=O) groups excluding carboxylic acids is 1. The smallest absolute Gasteiger partial charge is 0.309 e. The first-order valence-corrected chi connectivity index (χ1v) is 5.27. The largest absolute Gasteiger partial charge is 0.461 e. The number of hydrogen-bond donors (Lipinski definition) is 1. The number of ether oxygens (including phenoxy) is 1. The minimum absolute atomic E-state index is 0.0474. The molecule has 2 fully saturated rings. The predicted octanol–water partition coefficient (Wildman–Crippen LogP) is 1.08. The Morgan fingerprint density at radius 3 is 2.62 bits per heavy atom. The third-order valence-electron chi connectivity index (χ3n) is 2.99. The van der Waals surface area contributed by atoms with Gasteiger partial charge >= 0.3 is 5.97 Å². The molecule has 3 nitrogen and oxygen atoms in total. The second-order valence-corrected chi connectivity index (χ2v) is 4.03. The van der Waals surface area contributed by atoms with Gasteiger partial charge in [-0.25, -0.2) is 0 Å². The van der Waals surface area contributed by atoms with Gasteiger partial charge in [-0.3, -0.25) is 4.79 Å². The van der Waals surface area contributed by atoms with Gasteiger partial charge in [-0.1, -0.05) is 12.8 Å². The van der Waals surface area contributed by atoms with Crippen LogP contribution < -0.4 is 5.32 Å². The summed E-state index contributed by atoms with van der Waals surface area (Å²) in [6.07, 6.45) is 5.61. The van der Waals surface area contributed by atoms with Gasteiger partial charge in [0.1, 0.15) is 6.10 Å². The molecule has 3 heteroatoms. The molecule has 0 unspecified atom stereocenters. The summed E-state index contributed by atoms with van der Waals surface area (Å²) in [6.45, 7) is 1.83. The summed E-state index contributed by atoms with van der Waals surface area (Å²) < 4.78 is 5.39. The molecule has 1 heterocycles. The Labute approximate surface area is 78.8 Å². The van der Waals surface area contributed by atoms with Gasteiger partial charge in [-0.15, -0.1) is 0 Å². The average molecular weight is 183 g/mol. The Kier molecular flexibility index (Phi) is 2.83. The van der Waals surface area contributed by atoms with Crippen molar-refractivity contribution in [3.63, 3.8) is 0 Å². The van der Waals surface area contributed by atoms with Gasteiger partial charge in [-0.05, 0) is 25.8 Å². The Morgan fingerprint density at radius 1 is 1.23 bits per heavy atom. The van der Waals surface area contributed by atoms with Gasteiger partial charge in [0.15, 0.2) is 0 Å². The lowest BCUT2D eigenvalue weighted by molar-refractivity contribution is -0.152. The number of esters is 1. The third-order valence-corrected chi connectivity index (χ3v) is 2.99. The van der Waals surface area contributed by atoms with Gasteiger partial charge in [0.2, 0.25) is 0 Å². The number of carbonyl (C=O) groups is 1. The maximum atomic E-state index is 11.6. The van der Waals surface area contributed by atoms with Gasteiger partial charge in [0.05, 0.1) is 5.92 Å². The SMILES string of the molecule is O=C(O[C@H]1CCNC1)C1CCCC1. The molecular weight excluding hydrogens is 166 g/mol. The van der Waals surface area contributed by atoms with Crippen LogP contribution in [0.25, 0.3) is 0 Å². The zero-order valence-corrected chi connectivity index (χ0v) is 7.92. The maximum absolute atomic E-state index is 11.6. The highest BCUT2D eigenvalue weighted by atomic mass is 16.5. The van der Waals surface area contributed by atoms with Crippen LogP contribution in [0.4, 0.5) is 0 Å². The lowest BCUT2D eigenvalue weighted by Crippen LogP contribution is -2.24. The summed E-state index contributed by atoms with van der Waals surface area (Å²) in [5, 5.41) is 3.19. The molecule has 0 bridgehead atoms. The van der Waals surface area contributed by atoms with Crippen LogP contribution in [0.1, 0.15) is 32.1 Å². The van der Waals surface area contributed by atoms with E-state index in [1.54, 1.807) is 0 Å². The molecule has 74 valence electrons. The summed E-state index contributed by atoms with van der Waals surface area (Å²) in [5.41, 5.74) is 0. The van der Waals surface area contributed by atoms with Crippen molar-refractivity contribution in [2.45, 2.75) is 38.2 Å². The van der Waals surface area contributed by atoms with Crippen LogP contribution in [-0.4, -0.2) is 25.2 Å². The Balaban J connectivity index is 1.76. The number of hydrogen-bond acceptors (Lipinski definition) is 3. The second-order valence-electron chi connectivity index (χ2n) is 4.03. The minimum Gasteiger partial charge on any atom is -0.461 e. The van der Waals surface area contributed by atoms with Crippen molar-refractivity contribution in [3.8, 4) is 0 Å². The average Bonchev–Trinajstić information content (AvgIpc) is 2.74. The molecule has 2 rings (SSSR count). The van der Waals surface area contributed by atoms with E-state index in [9.17, 15) is 4.79 Å². The van der Waals surface area contributed by atoms with Gasteiger partial charge in [-0.2, -0.15) is 0 Å². The molecule has 0 amide bonds.